The summed E-state index contributed by atoms with van der Waals surface area (Å²) in [5.41, 5.74) is 7.40. The van der Waals surface area contributed by atoms with Crippen molar-refractivity contribution in [2.45, 2.75) is 38.5 Å². The Morgan fingerprint density at radius 3 is 2.41 bits per heavy atom. The number of fused-ring (bicyclic) bond motifs is 2. The summed E-state index contributed by atoms with van der Waals surface area (Å²) in [6.07, 6.45) is 3.26. The molecule has 27 heavy (non-hydrogen) atoms. The van der Waals surface area contributed by atoms with Gasteiger partial charge in [-0.2, -0.15) is 0 Å². The highest BCUT2D eigenvalue weighted by Gasteiger charge is 2.43. The first kappa shape index (κ1) is 16.2. The molecule has 0 bridgehead atoms. The molecule has 5 rings (SSSR count). The summed E-state index contributed by atoms with van der Waals surface area (Å²) in [7, 11) is 0. The molecule has 0 saturated heterocycles. The minimum Gasteiger partial charge on any atom is -0.358 e. The lowest BCUT2D eigenvalue weighted by Gasteiger charge is -2.33. The predicted octanol–water partition coefficient (Wildman–Crippen LogP) is 4.55. The van der Waals surface area contributed by atoms with Gasteiger partial charge in [0.05, 0.1) is 5.70 Å². The molecule has 1 aliphatic heterocycles. The molecule has 2 aliphatic carbocycles. The van der Waals surface area contributed by atoms with Gasteiger partial charge in [0.1, 0.15) is 0 Å². The first-order chi connectivity index (χ1) is 13.2. The maximum Gasteiger partial charge on any atom is 0.192 e. The third kappa shape index (κ3) is 2.34. The van der Waals surface area contributed by atoms with Crippen LogP contribution in [0.3, 0.4) is 0 Å². The van der Waals surface area contributed by atoms with Gasteiger partial charge < -0.3 is 5.32 Å². The van der Waals surface area contributed by atoms with Crippen molar-refractivity contribution in [3.63, 3.8) is 0 Å². The van der Waals surface area contributed by atoms with Crippen molar-refractivity contribution >= 4 is 17.3 Å². The molecule has 1 atom stereocenters. The summed E-state index contributed by atoms with van der Waals surface area (Å²) in [5.74, 6) is -0.0546. The van der Waals surface area contributed by atoms with E-state index in [4.69, 9.17) is 0 Å². The minimum atomic E-state index is -0.269. The van der Waals surface area contributed by atoms with Gasteiger partial charge in [-0.05, 0) is 30.4 Å². The fourth-order valence-electron chi connectivity index (χ4n) is 4.62. The highest BCUT2D eigenvalue weighted by Crippen LogP contribution is 2.48. The molecule has 2 aromatic carbocycles. The third-order valence-electron chi connectivity index (χ3n) is 5.99. The average Bonchev–Trinajstić information content (AvgIpc) is 2.99. The number of hydrogen-bond donors (Lipinski definition) is 1. The minimum absolute atomic E-state index is 0.0441. The van der Waals surface area contributed by atoms with Crippen LogP contribution < -0.4 is 5.32 Å². The lowest BCUT2D eigenvalue weighted by Crippen LogP contribution is -2.31. The molecule has 0 saturated carbocycles. The molecule has 0 radical (unpaired) electrons. The van der Waals surface area contributed by atoms with Crippen molar-refractivity contribution in [2.75, 3.05) is 0 Å². The normalized spacial score (nSPS) is 21.0. The van der Waals surface area contributed by atoms with Crippen molar-refractivity contribution in [3.05, 3.63) is 87.6 Å². The number of nitrogens with one attached hydrogen (secondary N) is 1. The largest absolute Gasteiger partial charge is 0.358 e. The Morgan fingerprint density at radius 1 is 0.926 bits per heavy atom. The summed E-state index contributed by atoms with van der Waals surface area (Å²) in [6.45, 7) is 2.13. The standard InChI is InChI=1S/C24H21NO2/c1-2-14-10-12-15(13-11-14)20-21-18(8-5-9-19(21)26)25-23-16-6-3-4-7-17(16)24(27)22(20)23/h3-4,6-7,10-13,20,25H,2,5,8-9H2,1H3/t20-/m0/s1. The number of allylic oxidation sites excluding steroid dienone is 3. The molecule has 2 aromatic rings. The van der Waals surface area contributed by atoms with Crippen molar-refractivity contribution in [1.29, 1.82) is 0 Å². The van der Waals surface area contributed by atoms with Crippen LogP contribution in [0.4, 0.5) is 0 Å². The van der Waals surface area contributed by atoms with Gasteiger partial charge in [-0.1, -0.05) is 55.5 Å². The zero-order chi connectivity index (χ0) is 18.5. The van der Waals surface area contributed by atoms with Crippen molar-refractivity contribution < 1.29 is 9.59 Å². The highest BCUT2D eigenvalue weighted by molar-refractivity contribution is 6.23. The number of carbonyl (C=O) groups is 2. The Kier molecular flexibility index (Phi) is 3.64. The lowest BCUT2D eigenvalue weighted by molar-refractivity contribution is -0.116. The van der Waals surface area contributed by atoms with Crippen LogP contribution >= 0.6 is 0 Å². The van der Waals surface area contributed by atoms with Crippen LogP contribution in [-0.2, 0) is 11.2 Å². The van der Waals surface area contributed by atoms with Crippen LogP contribution in [0.1, 0.15) is 59.2 Å². The second-order valence-corrected chi connectivity index (χ2v) is 7.49. The van der Waals surface area contributed by atoms with Gasteiger partial charge in [0.2, 0.25) is 0 Å². The fraction of sp³-hybridized carbons (Fsp3) is 0.250. The van der Waals surface area contributed by atoms with Gasteiger partial charge in [-0.15, -0.1) is 0 Å². The van der Waals surface area contributed by atoms with Crippen molar-refractivity contribution in [2.24, 2.45) is 0 Å². The first-order valence-electron chi connectivity index (χ1n) is 9.69. The second-order valence-electron chi connectivity index (χ2n) is 7.49. The number of rotatable bonds is 2. The predicted molar refractivity (Wildman–Crippen MR) is 105 cm³/mol. The van der Waals surface area contributed by atoms with E-state index in [1.54, 1.807) is 0 Å². The van der Waals surface area contributed by atoms with Crippen molar-refractivity contribution in [1.82, 2.24) is 5.32 Å². The summed E-state index contributed by atoms with van der Waals surface area (Å²) >= 11 is 0. The molecule has 3 aliphatic rings. The van der Waals surface area contributed by atoms with E-state index in [0.717, 1.165) is 58.5 Å². The van der Waals surface area contributed by atoms with E-state index >= 15 is 0 Å². The van der Waals surface area contributed by atoms with E-state index in [9.17, 15) is 9.59 Å². The summed E-state index contributed by atoms with van der Waals surface area (Å²) in [5, 5.41) is 3.47. The van der Waals surface area contributed by atoms with E-state index in [2.05, 4.69) is 36.5 Å². The third-order valence-corrected chi connectivity index (χ3v) is 5.99. The number of hydrogen-bond acceptors (Lipinski definition) is 3. The maximum absolute atomic E-state index is 13.3. The van der Waals surface area contributed by atoms with Gasteiger partial charge in [0, 0.05) is 40.3 Å². The van der Waals surface area contributed by atoms with E-state index in [1.807, 2.05) is 24.3 Å². The van der Waals surface area contributed by atoms with Gasteiger partial charge in [-0.3, -0.25) is 9.59 Å². The summed E-state index contributed by atoms with van der Waals surface area (Å²) in [4.78, 5) is 26.2. The molecule has 134 valence electrons. The Hall–Kier alpha value is -2.94. The average molecular weight is 355 g/mol. The number of carbonyl (C=O) groups excluding carboxylic acids is 2. The number of benzene rings is 2. The number of Topliss-reactive ketones (excluding diaryl/α,β-unsaturated/α-hetero) is 2. The van der Waals surface area contributed by atoms with Crippen LogP contribution in [0.5, 0.6) is 0 Å². The van der Waals surface area contributed by atoms with Crippen LogP contribution in [0, 0.1) is 0 Å². The van der Waals surface area contributed by atoms with E-state index in [1.165, 1.54) is 5.56 Å². The lowest BCUT2D eigenvalue weighted by atomic mass is 9.75. The Balaban J connectivity index is 1.72. The highest BCUT2D eigenvalue weighted by atomic mass is 16.1. The SMILES string of the molecule is CCc1ccc([C@H]2C3=C(CCCC3=O)NC3=C2C(=O)c2ccccc23)cc1. The topological polar surface area (TPSA) is 46.2 Å². The van der Waals surface area contributed by atoms with Gasteiger partial charge in [-0.25, -0.2) is 0 Å². The molecule has 0 unspecified atom stereocenters. The number of ketones is 2. The quantitative estimate of drug-likeness (QED) is 0.860. The molecule has 1 N–H and O–H groups in total. The monoisotopic (exact) mass is 355 g/mol. The summed E-state index contributed by atoms with van der Waals surface area (Å²) in [6, 6.07) is 16.1. The molecule has 0 amide bonds. The van der Waals surface area contributed by atoms with E-state index in [0.29, 0.717) is 6.42 Å². The van der Waals surface area contributed by atoms with Gasteiger partial charge in [0.15, 0.2) is 11.6 Å². The van der Waals surface area contributed by atoms with Gasteiger partial charge >= 0.3 is 0 Å². The smallest absolute Gasteiger partial charge is 0.192 e. The Bertz CT molecular complexity index is 1040. The molecule has 3 nitrogen and oxygen atoms in total. The van der Waals surface area contributed by atoms with Crippen LogP contribution in [0.2, 0.25) is 0 Å². The van der Waals surface area contributed by atoms with E-state index < -0.39 is 0 Å². The van der Waals surface area contributed by atoms with Crippen LogP contribution in [-0.4, -0.2) is 11.6 Å². The van der Waals surface area contributed by atoms with Gasteiger partial charge in [0.25, 0.3) is 0 Å². The van der Waals surface area contributed by atoms with Crippen LogP contribution in [0.15, 0.2) is 65.4 Å². The maximum atomic E-state index is 13.3. The van der Waals surface area contributed by atoms with Crippen LogP contribution in [0.25, 0.3) is 5.70 Å². The molecule has 0 aromatic heterocycles. The Morgan fingerprint density at radius 2 is 1.67 bits per heavy atom. The summed E-state index contributed by atoms with van der Waals surface area (Å²) < 4.78 is 0. The second kappa shape index (κ2) is 6.05. The first-order valence-corrected chi connectivity index (χ1v) is 9.69. The molecule has 0 spiro atoms. The molecule has 3 heteroatoms. The Labute approximate surface area is 158 Å². The zero-order valence-electron chi connectivity index (χ0n) is 15.3. The molecular formula is C24H21NO2. The van der Waals surface area contributed by atoms with Crippen molar-refractivity contribution in [3.8, 4) is 0 Å². The number of dihydropyridines is 1. The molecule has 1 heterocycles. The number of aryl methyl sites for hydroxylation is 1. The molecule has 0 fully saturated rings. The fourth-order valence-corrected chi connectivity index (χ4v) is 4.62. The molecular weight excluding hydrogens is 334 g/mol. The zero-order valence-corrected chi connectivity index (χ0v) is 15.3. The van der Waals surface area contributed by atoms with E-state index in [-0.39, 0.29) is 17.5 Å².